The van der Waals surface area contributed by atoms with Crippen LogP contribution in [0.25, 0.3) is 0 Å². The van der Waals surface area contributed by atoms with Gasteiger partial charge in [0.05, 0.1) is 9.82 Å². The van der Waals surface area contributed by atoms with Gasteiger partial charge in [-0.05, 0) is 31.9 Å². The van der Waals surface area contributed by atoms with Crippen LogP contribution < -0.4 is 4.72 Å². The molecule has 0 aliphatic heterocycles. The zero-order valence-electron chi connectivity index (χ0n) is 11.1. The number of aryl methyl sites for hydroxylation is 1. The fourth-order valence-electron chi connectivity index (χ4n) is 1.54. The van der Waals surface area contributed by atoms with Gasteiger partial charge >= 0.3 is 5.97 Å². The number of nitrogens with one attached hydrogen (secondary N) is 1. The van der Waals surface area contributed by atoms with Crippen molar-refractivity contribution >= 4 is 21.7 Å². The minimum Gasteiger partial charge on any atom is -0.480 e. The van der Waals surface area contributed by atoms with Crippen molar-refractivity contribution in [1.29, 1.82) is 0 Å². The summed E-state index contributed by atoms with van der Waals surface area (Å²) in [7, 11) is -4.15. The van der Waals surface area contributed by atoms with E-state index in [9.17, 15) is 23.3 Å². The van der Waals surface area contributed by atoms with Crippen molar-refractivity contribution in [3.63, 3.8) is 0 Å². The Morgan fingerprint density at radius 2 is 1.95 bits per heavy atom. The molecule has 0 radical (unpaired) electrons. The molecule has 1 atom stereocenters. The van der Waals surface area contributed by atoms with Crippen molar-refractivity contribution < 1.29 is 23.2 Å². The molecular formula is C11H14N2O6S. The van der Waals surface area contributed by atoms with E-state index in [-0.39, 0.29) is 10.6 Å². The molecule has 1 aromatic carbocycles. The van der Waals surface area contributed by atoms with Crippen molar-refractivity contribution in [2.75, 3.05) is 0 Å². The second kappa shape index (κ2) is 5.55. The first-order valence-electron chi connectivity index (χ1n) is 5.57. The van der Waals surface area contributed by atoms with Crippen LogP contribution >= 0.6 is 0 Å². The summed E-state index contributed by atoms with van der Waals surface area (Å²) in [4.78, 5) is 20.5. The molecule has 0 amide bonds. The molecule has 0 spiro atoms. The van der Waals surface area contributed by atoms with E-state index in [0.29, 0.717) is 11.1 Å². The van der Waals surface area contributed by atoms with Gasteiger partial charge in [0.25, 0.3) is 5.69 Å². The molecule has 0 heterocycles. The van der Waals surface area contributed by atoms with Crippen molar-refractivity contribution in [2.24, 2.45) is 0 Å². The van der Waals surface area contributed by atoms with E-state index in [1.165, 1.54) is 19.9 Å². The van der Waals surface area contributed by atoms with Gasteiger partial charge in [-0.1, -0.05) is 0 Å². The van der Waals surface area contributed by atoms with Crippen molar-refractivity contribution in [3.05, 3.63) is 33.4 Å². The van der Waals surface area contributed by atoms with Crippen LogP contribution in [0.3, 0.4) is 0 Å². The number of nitrogens with zero attached hydrogens (tertiary/aromatic N) is 1. The zero-order chi connectivity index (χ0) is 15.7. The Hall–Kier alpha value is -2.00. The van der Waals surface area contributed by atoms with E-state index in [0.717, 1.165) is 6.07 Å². The van der Waals surface area contributed by atoms with E-state index in [4.69, 9.17) is 5.11 Å². The van der Waals surface area contributed by atoms with Crippen molar-refractivity contribution in [1.82, 2.24) is 4.72 Å². The number of carboxylic acids is 1. The molecule has 0 saturated carbocycles. The number of hydrogen-bond donors (Lipinski definition) is 2. The lowest BCUT2D eigenvalue weighted by Gasteiger charge is -2.13. The molecule has 0 bridgehead atoms. The second-order valence-electron chi connectivity index (χ2n) is 4.32. The summed E-state index contributed by atoms with van der Waals surface area (Å²) in [5, 5.41) is 19.5. The van der Waals surface area contributed by atoms with Crippen LogP contribution in [0.5, 0.6) is 0 Å². The molecule has 1 unspecified atom stereocenters. The number of benzene rings is 1. The van der Waals surface area contributed by atoms with Crippen LogP contribution in [0.2, 0.25) is 0 Å². The highest BCUT2D eigenvalue weighted by molar-refractivity contribution is 7.89. The SMILES string of the molecule is Cc1cc([N+](=O)[O-])cc(S(=O)(=O)NC(C)C(=O)O)c1C. The standard InChI is InChI=1S/C11H14N2O6S/c1-6-4-9(13(16)17)5-10(7(6)2)20(18,19)12-8(3)11(14)15/h4-5,8,12H,1-3H3,(H,14,15). The zero-order valence-corrected chi connectivity index (χ0v) is 11.9. The maximum atomic E-state index is 12.1. The minimum absolute atomic E-state index is 0.294. The molecule has 1 rings (SSSR count). The van der Waals surface area contributed by atoms with Crippen molar-refractivity contribution in [2.45, 2.75) is 31.7 Å². The molecule has 0 saturated heterocycles. The Kier molecular flexibility index (Phi) is 4.46. The number of nitro benzene ring substituents is 1. The van der Waals surface area contributed by atoms with Crippen LogP contribution in [0.4, 0.5) is 5.69 Å². The first-order valence-corrected chi connectivity index (χ1v) is 7.05. The number of carbonyl (C=O) groups is 1. The molecule has 1 aromatic rings. The Bertz CT molecular complexity index is 668. The molecule has 0 aliphatic carbocycles. The average Bonchev–Trinajstić information content (AvgIpc) is 2.31. The highest BCUT2D eigenvalue weighted by atomic mass is 32.2. The normalized spacial score (nSPS) is 12.9. The van der Waals surface area contributed by atoms with Gasteiger partial charge in [0.2, 0.25) is 10.0 Å². The maximum absolute atomic E-state index is 12.1. The van der Waals surface area contributed by atoms with Crippen LogP contribution in [-0.2, 0) is 14.8 Å². The Morgan fingerprint density at radius 3 is 2.40 bits per heavy atom. The number of rotatable bonds is 5. The molecule has 2 N–H and O–H groups in total. The third-order valence-corrected chi connectivity index (χ3v) is 4.47. The summed E-state index contributed by atoms with van der Waals surface area (Å²) in [5.41, 5.74) is 0.402. The van der Waals surface area contributed by atoms with Crippen LogP contribution in [0.1, 0.15) is 18.1 Å². The fraction of sp³-hybridized carbons (Fsp3) is 0.364. The summed E-state index contributed by atoms with van der Waals surface area (Å²) in [6, 6.07) is 0.841. The molecular weight excluding hydrogens is 288 g/mol. The second-order valence-corrected chi connectivity index (χ2v) is 6.01. The minimum atomic E-state index is -4.15. The number of hydrogen-bond acceptors (Lipinski definition) is 5. The summed E-state index contributed by atoms with van der Waals surface area (Å²) in [6.45, 7) is 4.21. The predicted octanol–water partition coefficient (Wildman–Crippen LogP) is 0.963. The lowest BCUT2D eigenvalue weighted by molar-refractivity contribution is -0.385. The number of non-ortho nitro benzene ring substituents is 1. The quantitative estimate of drug-likeness (QED) is 0.616. The number of sulfonamides is 1. The first kappa shape index (κ1) is 16.1. The third-order valence-electron chi connectivity index (χ3n) is 2.81. The van der Waals surface area contributed by atoms with Crippen molar-refractivity contribution in [3.8, 4) is 0 Å². The number of nitro groups is 1. The molecule has 0 aliphatic rings. The van der Waals surface area contributed by atoms with Crippen LogP contribution in [0, 0.1) is 24.0 Å². The summed E-state index contributed by atoms with van der Waals surface area (Å²) >= 11 is 0. The monoisotopic (exact) mass is 302 g/mol. The number of carboxylic acid groups (broad SMARTS) is 1. The van der Waals surface area contributed by atoms with Gasteiger partial charge in [-0.25, -0.2) is 8.42 Å². The van der Waals surface area contributed by atoms with E-state index in [2.05, 4.69) is 0 Å². The lowest BCUT2D eigenvalue weighted by atomic mass is 10.1. The van der Waals surface area contributed by atoms with Gasteiger partial charge in [0.15, 0.2) is 0 Å². The smallest absolute Gasteiger partial charge is 0.321 e. The molecule has 0 fully saturated rings. The Morgan fingerprint density at radius 1 is 1.40 bits per heavy atom. The largest absolute Gasteiger partial charge is 0.480 e. The van der Waals surface area contributed by atoms with Gasteiger partial charge in [-0.3, -0.25) is 14.9 Å². The van der Waals surface area contributed by atoms with Gasteiger partial charge in [-0.15, -0.1) is 0 Å². The van der Waals surface area contributed by atoms with Gasteiger partial charge in [0.1, 0.15) is 6.04 Å². The highest BCUT2D eigenvalue weighted by Gasteiger charge is 2.26. The fourth-order valence-corrected chi connectivity index (χ4v) is 3.07. The van der Waals surface area contributed by atoms with E-state index in [1.807, 2.05) is 4.72 Å². The van der Waals surface area contributed by atoms with Gasteiger partial charge in [0, 0.05) is 12.1 Å². The van der Waals surface area contributed by atoms with Crippen LogP contribution in [0.15, 0.2) is 17.0 Å². The van der Waals surface area contributed by atoms with E-state index < -0.39 is 27.0 Å². The Balaban J connectivity index is 3.38. The molecule has 9 heteroatoms. The van der Waals surface area contributed by atoms with Gasteiger partial charge < -0.3 is 5.11 Å². The third kappa shape index (κ3) is 3.31. The lowest BCUT2D eigenvalue weighted by Crippen LogP contribution is -2.38. The average molecular weight is 302 g/mol. The first-order chi connectivity index (χ1) is 9.06. The van der Waals surface area contributed by atoms with E-state index in [1.54, 1.807) is 6.92 Å². The highest BCUT2D eigenvalue weighted by Crippen LogP contribution is 2.25. The predicted molar refractivity (Wildman–Crippen MR) is 70.0 cm³/mol. The molecule has 110 valence electrons. The molecule has 8 nitrogen and oxygen atoms in total. The number of aliphatic carboxylic acids is 1. The molecule has 0 aromatic heterocycles. The van der Waals surface area contributed by atoms with E-state index >= 15 is 0 Å². The van der Waals surface area contributed by atoms with Crippen LogP contribution in [-0.4, -0.2) is 30.5 Å². The summed E-state index contributed by atoms with van der Waals surface area (Å²) < 4.78 is 26.2. The summed E-state index contributed by atoms with van der Waals surface area (Å²) in [5.74, 6) is -1.34. The topological polar surface area (TPSA) is 127 Å². The summed E-state index contributed by atoms with van der Waals surface area (Å²) in [6.07, 6.45) is 0. The Labute approximate surface area is 115 Å². The molecule has 20 heavy (non-hydrogen) atoms. The van der Waals surface area contributed by atoms with Gasteiger partial charge in [-0.2, -0.15) is 4.72 Å². The maximum Gasteiger partial charge on any atom is 0.321 e.